The molecule has 53 heavy (non-hydrogen) atoms. The van der Waals surface area contributed by atoms with E-state index in [0.717, 1.165) is 18.4 Å². The Kier molecular flexibility index (Phi) is 19.2. The third kappa shape index (κ3) is 12.4. The van der Waals surface area contributed by atoms with Crippen molar-refractivity contribution in [2.75, 3.05) is 41.5 Å². The zero-order chi connectivity index (χ0) is 40.0. The van der Waals surface area contributed by atoms with Crippen molar-refractivity contribution in [2.45, 2.75) is 131 Å². The normalized spacial score (nSPS) is 18.5. The van der Waals surface area contributed by atoms with Gasteiger partial charge in [0, 0.05) is 65.1 Å². The molecule has 8 atom stereocenters. The zero-order valence-corrected chi connectivity index (χ0v) is 34.6. The molecule has 0 aliphatic carbocycles. The first-order chi connectivity index (χ1) is 25.1. The number of nitrogens with zero attached hydrogens (tertiary/aromatic N) is 3. The van der Waals surface area contributed by atoms with E-state index in [1.807, 2.05) is 76.8 Å². The van der Waals surface area contributed by atoms with Gasteiger partial charge in [-0.25, -0.2) is 0 Å². The molecule has 0 saturated carbocycles. The first-order valence-electron chi connectivity index (χ1n) is 19.6. The van der Waals surface area contributed by atoms with Gasteiger partial charge in [-0.2, -0.15) is 0 Å². The van der Waals surface area contributed by atoms with Crippen molar-refractivity contribution >= 4 is 29.5 Å². The van der Waals surface area contributed by atoms with Crippen molar-refractivity contribution in [3.63, 3.8) is 0 Å². The van der Waals surface area contributed by atoms with E-state index in [4.69, 9.17) is 14.2 Å². The molecule has 300 valence electrons. The highest BCUT2D eigenvalue weighted by Gasteiger charge is 2.43. The summed E-state index contributed by atoms with van der Waals surface area (Å²) in [6.07, 6.45) is 1.57. The van der Waals surface area contributed by atoms with Crippen LogP contribution in [0.1, 0.15) is 99.5 Å². The number of methoxy groups -OCH3 is 3. The number of amides is 3. The highest BCUT2D eigenvalue weighted by Crippen LogP contribution is 2.31. The highest BCUT2D eigenvalue weighted by molar-refractivity contribution is 5.87. The second-order valence-electron chi connectivity index (χ2n) is 15.5. The van der Waals surface area contributed by atoms with Crippen molar-refractivity contribution in [1.29, 1.82) is 0 Å². The molecule has 1 aliphatic rings. The molecule has 11 nitrogen and oxygen atoms in total. The Morgan fingerprint density at radius 1 is 0.887 bits per heavy atom. The molecule has 0 unspecified atom stereocenters. The van der Waals surface area contributed by atoms with Crippen molar-refractivity contribution in [3.8, 4) is 0 Å². The third-order valence-electron chi connectivity index (χ3n) is 11.5. The van der Waals surface area contributed by atoms with Crippen molar-refractivity contribution < 1.29 is 38.2 Å². The summed E-state index contributed by atoms with van der Waals surface area (Å²) < 4.78 is 17.1. The Morgan fingerprint density at radius 2 is 1.53 bits per heavy atom. The van der Waals surface area contributed by atoms with E-state index in [-0.39, 0.29) is 66.7 Å². The number of likely N-dealkylation sites (tertiary alicyclic amines) is 1. The molecule has 0 bridgehead atoms. The first kappa shape index (κ1) is 45.8. The predicted molar refractivity (Wildman–Crippen MR) is 207 cm³/mol. The zero-order valence-electron chi connectivity index (χ0n) is 34.6. The van der Waals surface area contributed by atoms with Crippen LogP contribution < -0.4 is 0 Å². The molecule has 0 N–H and O–H groups in total. The van der Waals surface area contributed by atoms with Crippen LogP contribution in [0.2, 0.25) is 0 Å². The fourth-order valence-corrected chi connectivity index (χ4v) is 8.08. The van der Waals surface area contributed by atoms with Crippen LogP contribution in [-0.2, 0) is 44.6 Å². The van der Waals surface area contributed by atoms with Crippen LogP contribution in [0.4, 0.5) is 0 Å². The number of ether oxygens (including phenoxy) is 3. The maximum atomic E-state index is 14.2. The van der Waals surface area contributed by atoms with E-state index in [0.29, 0.717) is 25.9 Å². The van der Waals surface area contributed by atoms with Crippen molar-refractivity contribution in [1.82, 2.24) is 14.7 Å². The SMILES string of the molecule is CC[C@H](C)[C@@H]([C@@H](CC(=O)N1CCC[C@H]1[C@H](OC)[C@@H](C)C(=O)C[C@@H](Cc1ccccc1)C(=O)OC)OC)N(C)C(=O)[C@@H](CC(=O)N(CC)C(C)C)C(C)C. The van der Waals surface area contributed by atoms with Gasteiger partial charge in [-0.1, -0.05) is 71.4 Å². The van der Waals surface area contributed by atoms with Gasteiger partial charge in [0.2, 0.25) is 17.7 Å². The molecule has 0 spiro atoms. The smallest absolute Gasteiger partial charge is 0.309 e. The molecular weight excluding hydrogens is 674 g/mol. The Labute approximate surface area is 319 Å². The summed E-state index contributed by atoms with van der Waals surface area (Å²) in [4.78, 5) is 73.5. The lowest BCUT2D eigenvalue weighted by atomic mass is 9.85. The van der Waals surface area contributed by atoms with E-state index in [2.05, 4.69) is 13.8 Å². The average Bonchev–Trinajstić information content (AvgIpc) is 3.62. The predicted octanol–water partition coefficient (Wildman–Crippen LogP) is 5.82. The van der Waals surface area contributed by atoms with Gasteiger partial charge >= 0.3 is 5.97 Å². The molecule has 1 aliphatic heterocycles. The summed E-state index contributed by atoms with van der Waals surface area (Å²) in [5.74, 6) is -2.65. The number of ketones is 1. The highest BCUT2D eigenvalue weighted by atomic mass is 16.5. The second-order valence-corrected chi connectivity index (χ2v) is 15.5. The molecule has 1 heterocycles. The minimum atomic E-state index is -0.634. The minimum absolute atomic E-state index is 0.00285. The Morgan fingerprint density at radius 3 is 2.04 bits per heavy atom. The average molecular weight is 744 g/mol. The van der Waals surface area contributed by atoms with Gasteiger partial charge in [0.1, 0.15) is 5.78 Å². The summed E-state index contributed by atoms with van der Waals surface area (Å²) >= 11 is 0. The summed E-state index contributed by atoms with van der Waals surface area (Å²) in [6, 6.07) is 8.83. The van der Waals surface area contributed by atoms with Gasteiger partial charge in [0.25, 0.3) is 0 Å². The number of Topliss-reactive ketones (excluding diaryl/α,β-unsaturated/α-hetero) is 1. The van der Waals surface area contributed by atoms with E-state index < -0.39 is 42.0 Å². The second kappa shape index (κ2) is 22.2. The molecule has 0 radical (unpaired) electrons. The number of hydrogen-bond acceptors (Lipinski definition) is 8. The molecule has 1 saturated heterocycles. The summed E-state index contributed by atoms with van der Waals surface area (Å²) in [7, 11) is 6.23. The van der Waals surface area contributed by atoms with Gasteiger partial charge < -0.3 is 28.9 Å². The number of rotatable bonds is 22. The van der Waals surface area contributed by atoms with E-state index in [9.17, 15) is 24.0 Å². The molecule has 0 aromatic heterocycles. The summed E-state index contributed by atoms with van der Waals surface area (Å²) in [5.41, 5.74) is 0.942. The Balaban J connectivity index is 2.27. The molecule has 3 amide bonds. The number of hydrogen-bond donors (Lipinski definition) is 0. The summed E-state index contributed by atoms with van der Waals surface area (Å²) in [5, 5.41) is 0. The number of carbonyl (C=O) groups is 5. The van der Waals surface area contributed by atoms with Crippen LogP contribution in [-0.4, -0.2) is 116 Å². The number of likely N-dealkylation sites (N-methyl/N-ethyl adjacent to an activating group) is 1. The number of benzene rings is 1. The van der Waals surface area contributed by atoms with Crippen LogP contribution in [0.3, 0.4) is 0 Å². The maximum absolute atomic E-state index is 14.2. The first-order valence-corrected chi connectivity index (χ1v) is 19.6. The van der Waals surface area contributed by atoms with Gasteiger partial charge in [-0.3, -0.25) is 24.0 Å². The van der Waals surface area contributed by atoms with Gasteiger partial charge in [-0.05, 0) is 57.4 Å². The van der Waals surface area contributed by atoms with Crippen LogP contribution in [0.15, 0.2) is 30.3 Å². The molecule has 2 rings (SSSR count). The van der Waals surface area contributed by atoms with Gasteiger partial charge in [0.05, 0.1) is 43.7 Å². The lowest BCUT2D eigenvalue weighted by Gasteiger charge is -2.41. The molecular formula is C42H69N3O8. The fourth-order valence-electron chi connectivity index (χ4n) is 8.08. The lowest BCUT2D eigenvalue weighted by Crippen LogP contribution is -2.54. The molecule has 1 fully saturated rings. The van der Waals surface area contributed by atoms with Crippen molar-refractivity contribution in [3.05, 3.63) is 35.9 Å². The molecule has 11 heteroatoms. The van der Waals surface area contributed by atoms with Crippen LogP contribution in [0.25, 0.3) is 0 Å². The lowest BCUT2D eigenvalue weighted by molar-refractivity contribution is -0.150. The third-order valence-corrected chi connectivity index (χ3v) is 11.5. The number of carbonyl (C=O) groups excluding carboxylic acids is 5. The topological polar surface area (TPSA) is 123 Å². The van der Waals surface area contributed by atoms with E-state index in [1.165, 1.54) is 7.11 Å². The Hall–Kier alpha value is -3.31. The monoisotopic (exact) mass is 744 g/mol. The largest absolute Gasteiger partial charge is 0.469 e. The number of esters is 1. The Bertz CT molecular complexity index is 1320. The van der Waals surface area contributed by atoms with Crippen molar-refractivity contribution in [2.24, 2.45) is 29.6 Å². The fraction of sp³-hybridized carbons (Fsp3) is 0.738. The quantitative estimate of drug-likeness (QED) is 0.136. The van der Waals surface area contributed by atoms with Gasteiger partial charge in [-0.15, -0.1) is 0 Å². The van der Waals surface area contributed by atoms with E-state index in [1.54, 1.807) is 31.1 Å². The summed E-state index contributed by atoms with van der Waals surface area (Å²) in [6.45, 7) is 16.8. The molecule has 1 aromatic carbocycles. The van der Waals surface area contributed by atoms with Crippen LogP contribution in [0, 0.1) is 29.6 Å². The standard InChI is InChI=1S/C42H69N3O8/c1-13-29(7)39(43(9)41(49)33(27(3)4)25-37(47)44(14-2)28(5)6)36(51-10)26-38(48)45-22-18-21-34(45)40(52-11)30(8)35(46)24-32(42(50)53-12)23-31-19-16-15-17-20-31/h15-17,19-20,27-30,32-34,36,39-40H,13-14,18,21-26H2,1-12H3/t29-,30-,32+,33-,34-,36+,39-,40+/m0/s1. The van der Waals surface area contributed by atoms with E-state index >= 15 is 0 Å². The minimum Gasteiger partial charge on any atom is -0.469 e. The van der Waals surface area contributed by atoms with Gasteiger partial charge in [0.15, 0.2) is 0 Å². The van der Waals surface area contributed by atoms with Crippen LogP contribution in [0.5, 0.6) is 0 Å². The maximum Gasteiger partial charge on any atom is 0.309 e. The molecule has 1 aromatic rings. The van der Waals surface area contributed by atoms with Crippen LogP contribution >= 0.6 is 0 Å².